The number of rotatable bonds is 6. The second-order valence-corrected chi connectivity index (χ2v) is 7.10. The topological polar surface area (TPSA) is 68.5 Å². The smallest absolute Gasteiger partial charge is 0.236 e. The van der Waals surface area contributed by atoms with Gasteiger partial charge in [0.2, 0.25) is 17.6 Å². The minimum atomic E-state index is 0.0665. The Kier molecular flexibility index (Phi) is 5.91. The van der Waals surface area contributed by atoms with Gasteiger partial charge in [-0.3, -0.25) is 4.79 Å². The summed E-state index contributed by atoms with van der Waals surface area (Å²) in [6.07, 6.45) is 5.99. The Hall–Kier alpha value is -2.37. The van der Waals surface area contributed by atoms with Crippen LogP contribution in [-0.4, -0.2) is 40.1 Å². The number of carbonyl (C=O) groups excluding carboxylic acids is 1. The molecular weight excluding hydrogens is 330 g/mol. The molecule has 6 nitrogen and oxygen atoms in total. The van der Waals surface area contributed by atoms with Crippen LogP contribution in [0.3, 0.4) is 0 Å². The predicted molar refractivity (Wildman–Crippen MR) is 98.8 cm³/mol. The lowest BCUT2D eigenvalue weighted by Gasteiger charge is -2.37. The molecule has 3 rings (SSSR count). The number of methoxy groups -OCH3 is 1. The summed E-state index contributed by atoms with van der Waals surface area (Å²) in [5, 5.41) is 4.01. The molecule has 26 heavy (non-hydrogen) atoms. The van der Waals surface area contributed by atoms with Crippen LogP contribution >= 0.6 is 0 Å². The number of aromatic nitrogens is 2. The van der Waals surface area contributed by atoms with Gasteiger partial charge in [0.25, 0.3) is 0 Å². The molecule has 6 heteroatoms. The lowest BCUT2D eigenvalue weighted by Crippen LogP contribution is -2.46. The third-order valence-corrected chi connectivity index (χ3v) is 4.93. The zero-order valence-electron chi connectivity index (χ0n) is 15.8. The van der Waals surface area contributed by atoms with Gasteiger partial charge in [-0.05, 0) is 51.0 Å². The first-order valence-electron chi connectivity index (χ1n) is 9.36. The molecule has 1 heterocycles. The SMILES string of the molecule is COc1ccc(-c2noc(CC(=O)N(C(C)C)C3CCCCC3)n2)cc1. The van der Waals surface area contributed by atoms with Crippen LogP contribution < -0.4 is 4.74 Å². The van der Waals surface area contributed by atoms with Crippen LogP contribution in [0.4, 0.5) is 0 Å². The Morgan fingerprint density at radius 2 is 1.92 bits per heavy atom. The molecule has 2 aromatic rings. The summed E-state index contributed by atoms with van der Waals surface area (Å²) in [5.74, 6) is 1.69. The number of amides is 1. The van der Waals surface area contributed by atoms with E-state index in [4.69, 9.17) is 9.26 Å². The molecule has 1 aromatic carbocycles. The number of nitrogens with zero attached hydrogens (tertiary/aromatic N) is 3. The van der Waals surface area contributed by atoms with E-state index in [0.29, 0.717) is 17.8 Å². The molecule has 1 amide bonds. The van der Waals surface area contributed by atoms with Crippen molar-refractivity contribution in [3.8, 4) is 17.1 Å². The highest BCUT2D eigenvalue weighted by Gasteiger charge is 2.28. The minimum absolute atomic E-state index is 0.0665. The van der Waals surface area contributed by atoms with E-state index in [9.17, 15) is 4.79 Å². The molecule has 1 aliphatic rings. The molecule has 0 saturated heterocycles. The molecule has 0 spiro atoms. The van der Waals surface area contributed by atoms with Gasteiger partial charge in [0.1, 0.15) is 12.2 Å². The van der Waals surface area contributed by atoms with Crippen LogP contribution in [0.25, 0.3) is 11.4 Å². The average Bonchev–Trinajstić information content (AvgIpc) is 3.11. The van der Waals surface area contributed by atoms with Crippen molar-refractivity contribution in [1.29, 1.82) is 0 Å². The number of hydrogen-bond acceptors (Lipinski definition) is 5. The number of carbonyl (C=O) groups is 1. The van der Waals surface area contributed by atoms with Gasteiger partial charge in [-0.2, -0.15) is 4.98 Å². The van der Waals surface area contributed by atoms with Crippen molar-refractivity contribution in [2.75, 3.05) is 7.11 Å². The van der Waals surface area contributed by atoms with Crippen LogP contribution in [0.5, 0.6) is 5.75 Å². The monoisotopic (exact) mass is 357 g/mol. The van der Waals surface area contributed by atoms with E-state index in [0.717, 1.165) is 24.2 Å². The number of hydrogen-bond donors (Lipinski definition) is 0. The lowest BCUT2D eigenvalue weighted by atomic mass is 9.93. The van der Waals surface area contributed by atoms with Gasteiger partial charge >= 0.3 is 0 Å². The van der Waals surface area contributed by atoms with E-state index in [1.54, 1.807) is 7.11 Å². The first-order valence-corrected chi connectivity index (χ1v) is 9.36. The third-order valence-electron chi connectivity index (χ3n) is 4.93. The van der Waals surface area contributed by atoms with E-state index in [2.05, 4.69) is 24.0 Å². The summed E-state index contributed by atoms with van der Waals surface area (Å²) in [6.45, 7) is 4.15. The van der Waals surface area contributed by atoms with Gasteiger partial charge in [0.05, 0.1) is 7.11 Å². The van der Waals surface area contributed by atoms with E-state index < -0.39 is 0 Å². The first-order chi connectivity index (χ1) is 12.6. The van der Waals surface area contributed by atoms with E-state index in [-0.39, 0.29) is 18.4 Å². The second kappa shape index (κ2) is 8.34. The van der Waals surface area contributed by atoms with E-state index >= 15 is 0 Å². The zero-order chi connectivity index (χ0) is 18.5. The zero-order valence-corrected chi connectivity index (χ0v) is 15.8. The van der Waals surface area contributed by atoms with Crippen molar-refractivity contribution in [3.63, 3.8) is 0 Å². The summed E-state index contributed by atoms with van der Waals surface area (Å²) in [4.78, 5) is 19.3. The van der Waals surface area contributed by atoms with Crippen molar-refractivity contribution in [1.82, 2.24) is 15.0 Å². The van der Waals surface area contributed by atoms with Crippen LogP contribution in [0.1, 0.15) is 51.8 Å². The van der Waals surface area contributed by atoms with Crippen molar-refractivity contribution in [3.05, 3.63) is 30.2 Å². The minimum Gasteiger partial charge on any atom is -0.497 e. The fraction of sp³-hybridized carbons (Fsp3) is 0.550. The largest absolute Gasteiger partial charge is 0.497 e. The molecular formula is C20H27N3O3. The van der Waals surface area contributed by atoms with Crippen molar-refractivity contribution < 1.29 is 14.1 Å². The van der Waals surface area contributed by atoms with Gasteiger partial charge in [-0.1, -0.05) is 24.4 Å². The third kappa shape index (κ3) is 4.23. The van der Waals surface area contributed by atoms with Crippen molar-refractivity contribution in [2.45, 2.75) is 64.5 Å². The number of benzene rings is 1. The normalized spacial score (nSPS) is 15.2. The molecule has 0 N–H and O–H groups in total. The molecule has 1 fully saturated rings. The molecule has 140 valence electrons. The maximum atomic E-state index is 12.9. The molecule has 0 unspecified atom stereocenters. The predicted octanol–water partition coefficient (Wildman–Crippen LogP) is 3.86. The Morgan fingerprint density at radius 3 is 2.54 bits per heavy atom. The molecule has 0 bridgehead atoms. The van der Waals surface area contributed by atoms with Gasteiger partial charge in [0, 0.05) is 17.6 Å². The molecule has 1 saturated carbocycles. The fourth-order valence-electron chi connectivity index (χ4n) is 3.68. The quantitative estimate of drug-likeness (QED) is 0.785. The highest BCUT2D eigenvalue weighted by molar-refractivity contribution is 5.78. The molecule has 1 aromatic heterocycles. The van der Waals surface area contributed by atoms with Crippen LogP contribution in [0.2, 0.25) is 0 Å². The molecule has 0 atom stereocenters. The van der Waals surface area contributed by atoms with Crippen molar-refractivity contribution >= 4 is 5.91 Å². The highest BCUT2D eigenvalue weighted by atomic mass is 16.5. The summed E-state index contributed by atoms with van der Waals surface area (Å²) < 4.78 is 10.5. The second-order valence-electron chi connectivity index (χ2n) is 7.10. The van der Waals surface area contributed by atoms with Crippen LogP contribution in [0.15, 0.2) is 28.8 Å². The summed E-state index contributed by atoms with van der Waals surface area (Å²) >= 11 is 0. The summed E-state index contributed by atoms with van der Waals surface area (Å²) in [5.41, 5.74) is 0.834. The lowest BCUT2D eigenvalue weighted by molar-refractivity contribution is -0.135. The summed E-state index contributed by atoms with van der Waals surface area (Å²) in [7, 11) is 1.62. The van der Waals surface area contributed by atoms with Crippen LogP contribution in [0, 0.1) is 0 Å². The first kappa shape index (κ1) is 18.4. The number of ether oxygens (including phenoxy) is 1. The fourth-order valence-corrected chi connectivity index (χ4v) is 3.68. The van der Waals surface area contributed by atoms with E-state index in [1.807, 2.05) is 29.2 Å². The van der Waals surface area contributed by atoms with Crippen LogP contribution in [-0.2, 0) is 11.2 Å². The maximum Gasteiger partial charge on any atom is 0.236 e. The van der Waals surface area contributed by atoms with E-state index in [1.165, 1.54) is 19.3 Å². The Balaban J connectivity index is 1.69. The molecule has 0 radical (unpaired) electrons. The van der Waals surface area contributed by atoms with Gasteiger partial charge in [0.15, 0.2) is 0 Å². The van der Waals surface area contributed by atoms with Gasteiger partial charge in [-0.25, -0.2) is 0 Å². The van der Waals surface area contributed by atoms with Gasteiger partial charge < -0.3 is 14.2 Å². The standard InChI is InChI=1S/C20H27N3O3/c1-14(2)23(16-7-5-4-6-8-16)19(24)13-18-21-20(22-26-18)15-9-11-17(25-3)12-10-15/h9-12,14,16H,4-8,13H2,1-3H3. The summed E-state index contributed by atoms with van der Waals surface area (Å²) in [6, 6.07) is 7.95. The van der Waals surface area contributed by atoms with Crippen molar-refractivity contribution in [2.24, 2.45) is 0 Å². The molecule has 1 aliphatic carbocycles. The average molecular weight is 357 g/mol. The Morgan fingerprint density at radius 1 is 1.23 bits per heavy atom. The Bertz CT molecular complexity index is 718. The molecule has 0 aliphatic heterocycles. The highest BCUT2D eigenvalue weighted by Crippen LogP contribution is 2.25. The Labute approximate surface area is 154 Å². The van der Waals surface area contributed by atoms with Gasteiger partial charge in [-0.15, -0.1) is 0 Å². The maximum absolute atomic E-state index is 12.9.